The normalized spacial score (nSPS) is 10.3. The maximum Gasteiger partial charge on any atom is 0.311 e. The van der Waals surface area contributed by atoms with Gasteiger partial charge in [-0.25, -0.2) is 0 Å². The summed E-state index contributed by atoms with van der Waals surface area (Å²) in [6.45, 7) is 0. The first-order valence-electron chi connectivity index (χ1n) is 4.69. The second-order valence-electron chi connectivity index (χ2n) is 3.31. The zero-order valence-electron chi connectivity index (χ0n) is 8.66. The SMILES string of the molecule is Cn1c(CC(=O)O)nnc1-c1cccnc1. The van der Waals surface area contributed by atoms with Crippen LogP contribution in [0.5, 0.6) is 0 Å². The summed E-state index contributed by atoms with van der Waals surface area (Å²) >= 11 is 0. The molecule has 0 saturated carbocycles. The van der Waals surface area contributed by atoms with Crippen molar-refractivity contribution in [2.24, 2.45) is 7.05 Å². The molecule has 16 heavy (non-hydrogen) atoms. The fourth-order valence-corrected chi connectivity index (χ4v) is 1.40. The molecule has 0 radical (unpaired) electrons. The van der Waals surface area contributed by atoms with Crippen molar-refractivity contribution in [1.29, 1.82) is 0 Å². The molecule has 0 bridgehead atoms. The average Bonchev–Trinajstić information content (AvgIpc) is 2.61. The molecule has 1 N–H and O–H groups in total. The van der Waals surface area contributed by atoms with Gasteiger partial charge in [0.25, 0.3) is 0 Å². The number of hydrogen-bond donors (Lipinski definition) is 1. The van der Waals surface area contributed by atoms with Gasteiger partial charge in [0.05, 0.1) is 0 Å². The lowest BCUT2D eigenvalue weighted by Crippen LogP contribution is -2.07. The average molecular weight is 218 g/mol. The second-order valence-corrected chi connectivity index (χ2v) is 3.31. The second kappa shape index (κ2) is 4.09. The minimum Gasteiger partial charge on any atom is -0.481 e. The lowest BCUT2D eigenvalue weighted by Gasteiger charge is -2.01. The van der Waals surface area contributed by atoms with Crippen LogP contribution in [0.2, 0.25) is 0 Å². The monoisotopic (exact) mass is 218 g/mol. The van der Waals surface area contributed by atoms with Crippen LogP contribution in [-0.2, 0) is 18.3 Å². The number of aliphatic carboxylic acids is 1. The van der Waals surface area contributed by atoms with Crippen molar-refractivity contribution in [2.75, 3.05) is 0 Å². The highest BCUT2D eigenvalue weighted by Gasteiger charge is 2.12. The molecule has 0 aliphatic rings. The van der Waals surface area contributed by atoms with E-state index in [9.17, 15) is 4.79 Å². The maximum atomic E-state index is 10.6. The van der Waals surface area contributed by atoms with Gasteiger partial charge in [0.1, 0.15) is 12.2 Å². The summed E-state index contributed by atoms with van der Waals surface area (Å²) in [6.07, 6.45) is 3.19. The Balaban J connectivity index is 2.37. The molecule has 2 heterocycles. The van der Waals surface area contributed by atoms with Crippen molar-refractivity contribution >= 4 is 5.97 Å². The highest BCUT2D eigenvalue weighted by molar-refractivity contribution is 5.69. The lowest BCUT2D eigenvalue weighted by molar-refractivity contribution is -0.136. The Kier molecular flexibility index (Phi) is 2.63. The first-order valence-corrected chi connectivity index (χ1v) is 4.69. The first-order chi connectivity index (χ1) is 7.68. The summed E-state index contributed by atoms with van der Waals surface area (Å²) in [4.78, 5) is 14.5. The minimum atomic E-state index is -0.923. The van der Waals surface area contributed by atoms with E-state index < -0.39 is 5.97 Å². The molecule has 0 amide bonds. The van der Waals surface area contributed by atoms with Gasteiger partial charge in [-0.2, -0.15) is 0 Å². The number of carbonyl (C=O) groups is 1. The Morgan fingerprint density at radius 3 is 2.94 bits per heavy atom. The van der Waals surface area contributed by atoms with Crippen LogP contribution >= 0.6 is 0 Å². The van der Waals surface area contributed by atoms with Crippen LogP contribution in [0.3, 0.4) is 0 Å². The number of hydrogen-bond acceptors (Lipinski definition) is 4. The predicted molar refractivity (Wildman–Crippen MR) is 55.6 cm³/mol. The van der Waals surface area contributed by atoms with E-state index in [-0.39, 0.29) is 6.42 Å². The van der Waals surface area contributed by atoms with Crippen molar-refractivity contribution in [3.8, 4) is 11.4 Å². The zero-order chi connectivity index (χ0) is 11.5. The van der Waals surface area contributed by atoms with E-state index in [0.717, 1.165) is 5.56 Å². The summed E-state index contributed by atoms with van der Waals surface area (Å²) < 4.78 is 1.66. The Labute approximate surface area is 91.6 Å². The molecule has 0 spiro atoms. The molecular weight excluding hydrogens is 208 g/mol. The third-order valence-electron chi connectivity index (χ3n) is 2.19. The molecule has 2 aromatic rings. The van der Waals surface area contributed by atoms with Gasteiger partial charge in [-0.3, -0.25) is 9.78 Å². The van der Waals surface area contributed by atoms with Crippen molar-refractivity contribution < 1.29 is 9.90 Å². The molecule has 0 aromatic carbocycles. The van der Waals surface area contributed by atoms with Gasteiger partial charge in [-0.1, -0.05) is 0 Å². The third-order valence-corrected chi connectivity index (χ3v) is 2.19. The topological polar surface area (TPSA) is 80.9 Å². The van der Waals surface area contributed by atoms with Crippen LogP contribution in [0, 0.1) is 0 Å². The molecule has 2 rings (SSSR count). The van der Waals surface area contributed by atoms with E-state index in [2.05, 4.69) is 15.2 Å². The van der Waals surface area contributed by atoms with Gasteiger partial charge in [0.2, 0.25) is 0 Å². The van der Waals surface area contributed by atoms with Gasteiger partial charge in [0, 0.05) is 25.0 Å². The third kappa shape index (κ3) is 1.90. The number of aromatic nitrogens is 4. The van der Waals surface area contributed by atoms with Gasteiger partial charge < -0.3 is 9.67 Å². The number of rotatable bonds is 3. The summed E-state index contributed by atoms with van der Waals surface area (Å²) in [7, 11) is 1.74. The van der Waals surface area contributed by atoms with E-state index >= 15 is 0 Å². The highest BCUT2D eigenvalue weighted by atomic mass is 16.4. The van der Waals surface area contributed by atoms with E-state index in [1.165, 1.54) is 0 Å². The fraction of sp³-hybridized carbons (Fsp3) is 0.200. The Hall–Kier alpha value is -2.24. The molecule has 6 heteroatoms. The van der Waals surface area contributed by atoms with Crippen LogP contribution in [-0.4, -0.2) is 30.8 Å². The quantitative estimate of drug-likeness (QED) is 0.811. The highest BCUT2D eigenvalue weighted by Crippen LogP contribution is 2.15. The molecular formula is C10H10N4O2. The van der Waals surface area contributed by atoms with Crippen molar-refractivity contribution in [2.45, 2.75) is 6.42 Å². The van der Waals surface area contributed by atoms with Crippen molar-refractivity contribution in [3.05, 3.63) is 30.4 Å². The first kappa shape index (κ1) is 10.3. The molecule has 0 unspecified atom stereocenters. The van der Waals surface area contributed by atoms with Gasteiger partial charge in [-0.05, 0) is 12.1 Å². The maximum absolute atomic E-state index is 10.6. The van der Waals surface area contributed by atoms with Gasteiger partial charge in [-0.15, -0.1) is 10.2 Å². The Bertz CT molecular complexity index is 507. The predicted octanol–water partition coefficient (Wildman–Crippen LogP) is 0.504. The van der Waals surface area contributed by atoms with Crippen molar-refractivity contribution in [3.63, 3.8) is 0 Å². The molecule has 0 aliphatic heterocycles. The Morgan fingerprint density at radius 1 is 1.50 bits per heavy atom. The molecule has 82 valence electrons. The van der Waals surface area contributed by atoms with Crippen molar-refractivity contribution in [1.82, 2.24) is 19.7 Å². The van der Waals surface area contributed by atoms with E-state index in [4.69, 9.17) is 5.11 Å². The number of carboxylic acids is 1. The molecule has 6 nitrogen and oxygen atoms in total. The van der Waals surface area contributed by atoms with Crippen LogP contribution in [0.15, 0.2) is 24.5 Å². The van der Waals surface area contributed by atoms with Crippen LogP contribution in [0.4, 0.5) is 0 Å². The molecule has 0 aliphatic carbocycles. The van der Waals surface area contributed by atoms with E-state index in [0.29, 0.717) is 11.6 Å². The summed E-state index contributed by atoms with van der Waals surface area (Å²) in [5.41, 5.74) is 0.814. The van der Waals surface area contributed by atoms with Crippen LogP contribution in [0.25, 0.3) is 11.4 Å². The van der Waals surface area contributed by atoms with E-state index in [1.807, 2.05) is 6.07 Å². The Morgan fingerprint density at radius 2 is 2.31 bits per heavy atom. The molecule has 0 saturated heterocycles. The molecule has 2 aromatic heterocycles. The molecule has 0 fully saturated rings. The largest absolute Gasteiger partial charge is 0.481 e. The zero-order valence-corrected chi connectivity index (χ0v) is 8.66. The molecule has 0 atom stereocenters. The number of pyridine rings is 1. The summed E-state index contributed by atoms with van der Waals surface area (Å²) in [6, 6.07) is 3.64. The van der Waals surface area contributed by atoms with Gasteiger partial charge >= 0.3 is 5.97 Å². The van der Waals surface area contributed by atoms with E-state index in [1.54, 1.807) is 30.1 Å². The van der Waals surface area contributed by atoms with Gasteiger partial charge in [0.15, 0.2) is 5.82 Å². The fourth-order valence-electron chi connectivity index (χ4n) is 1.40. The van der Waals surface area contributed by atoms with Crippen LogP contribution < -0.4 is 0 Å². The summed E-state index contributed by atoms with van der Waals surface area (Å²) in [5.74, 6) is 0.115. The number of nitrogens with zero attached hydrogens (tertiary/aromatic N) is 4. The summed E-state index contributed by atoms with van der Waals surface area (Å²) in [5, 5.41) is 16.5. The van der Waals surface area contributed by atoms with Crippen LogP contribution in [0.1, 0.15) is 5.82 Å². The lowest BCUT2D eigenvalue weighted by atomic mass is 10.3. The standard InChI is InChI=1S/C10H10N4O2/c1-14-8(5-9(15)16)12-13-10(14)7-3-2-4-11-6-7/h2-4,6H,5H2,1H3,(H,15,16). The smallest absolute Gasteiger partial charge is 0.311 e. The number of carboxylic acid groups (broad SMARTS) is 1. The minimum absolute atomic E-state index is 0.135.